The first-order chi connectivity index (χ1) is 23.7. The number of ether oxygens (including phenoxy) is 3. The maximum Gasteiger partial charge on any atom is 0.243 e. The molecule has 48 heavy (non-hydrogen) atoms. The van der Waals surface area contributed by atoms with E-state index in [0.29, 0.717) is 11.8 Å². The van der Waals surface area contributed by atoms with Crippen molar-refractivity contribution < 1.29 is 14.2 Å². The number of nitrogens with zero attached hydrogens (tertiary/aromatic N) is 4. The van der Waals surface area contributed by atoms with E-state index in [0.717, 1.165) is 69.0 Å². The molecule has 0 saturated heterocycles. The van der Waals surface area contributed by atoms with Crippen LogP contribution in [0.1, 0.15) is 49.3 Å². The lowest BCUT2D eigenvalue weighted by molar-refractivity contribution is 0.0479. The molecule has 0 unspecified atom stereocenters. The predicted octanol–water partition coefficient (Wildman–Crippen LogP) is 10.2. The quantitative estimate of drug-likeness (QED) is 0.148. The molecule has 0 atom stereocenters. The minimum Gasteiger partial charge on any atom is -0.457 e. The van der Waals surface area contributed by atoms with Gasteiger partial charge in [0.15, 0.2) is 6.79 Å². The van der Waals surface area contributed by atoms with Gasteiger partial charge in [-0.1, -0.05) is 73.9 Å². The summed E-state index contributed by atoms with van der Waals surface area (Å²) >= 11 is 0. The molecule has 1 aliphatic carbocycles. The van der Waals surface area contributed by atoms with Crippen LogP contribution in [-0.2, 0) is 4.74 Å². The first kappa shape index (κ1) is 30.0. The molecule has 0 bridgehead atoms. The van der Waals surface area contributed by atoms with Crippen molar-refractivity contribution in [2.24, 2.45) is 0 Å². The molecule has 0 amide bonds. The summed E-state index contributed by atoms with van der Waals surface area (Å²) in [5, 5.41) is 7.42. The summed E-state index contributed by atoms with van der Waals surface area (Å²) < 4.78 is 22.3. The normalized spacial score (nSPS) is 13.7. The third-order valence-corrected chi connectivity index (χ3v) is 9.33. The van der Waals surface area contributed by atoms with Crippen LogP contribution in [-0.4, -0.2) is 33.2 Å². The Morgan fingerprint density at radius 3 is 2.38 bits per heavy atom. The highest BCUT2D eigenvalue weighted by molar-refractivity contribution is 6.09. The summed E-state index contributed by atoms with van der Waals surface area (Å²) in [5.74, 6) is 3.31. The van der Waals surface area contributed by atoms with E-state index in [4.69, 9.17) is 24.3 Å². The van der Waals surface area contributed by atoms with Crippen molar-refractivity contribution in [1.82, 2.24) is 19.3 Å². The number of aryl methyl sites for hydroxylation is 1. The lowest BCUT2D eigenvalue weighted by atomic mass is 9.84. The van der Waals surface area contributed by atoms with Gasteiger partial charge in [0, 0.05) is 42.1 Å². The summed E-state index contributed by atoms with van der Waals surface area (Å²) in [6.07, 6.45) is 7.79. The van der Waals surface area contributed by atoms with Crippen LogP contribution in [0.4, 0.5) is 0 Å². The van der Waals surface area contributed by atoms with Crippen molar-refractivity contribution in [3.63, 3.8) is 0 Å². The number of methoxy groups -OCH3 is 1. The molecule has 1 fully saturated rings. The summed E-state index contributed by atoms with van der Waals surface area (Å²) in [6, 6.07) is 37.5. The van der Waals surface area contributed by atoms with Crippen molar-refractivity contribution in [3.05, 3.63) is 127 Å². The highest BCUT2D eigenvalue weighted by Gasteiger charge is 2.29. The lowest BCUT2D eigenvalue weighted by Crippen LogP contribution is -2.12. The number of hydrogen-bond acceptors (Lipinski definition) is 5. The van der Waals surface area contributed by atoms with Gasteiger partial charge in [0.05, 0.1) is 28.0 Å². The standard InChI is InChI=1S/C41H38N4O3/c1-28-22-23-42-38(24-28)44-36-19-10-9-18-34(36)35-21-20-33(26-37(35)44)48-32-17-11-16-31(25-32)45-40(30-14-7-4-8-15-30)39(29-12-5-3-6-13-29)41(43-45)47-27-46-2/h3,5-6,9-13,16-26,30H,4,7-8,14-15,27H2,1-2H3. The van der Waals surface area contributed by atoms with Crippen molar-refractivity contribution >= 4 is 21.8 Å². The van der Waals surface area contributed by atoms with Crippen LogP contribution in [0.25, 0.3) is 44.4 Å². The Kier molecular flexibility index (Phi) is 8.12. The lowest BCUT2D eigenvalue weighted by Gasteiger charge is -2.24. The fourth-order valence-electron chi connectivity index (χ4n) is 7.17. The van der Waals surface area contributed by atoms with Gasteiger partial charge in [0.1, 0.15) is 17.3 Å². The van der Waals surface area contributed by atoms with Gasteiger partial charge in [0.25, 0.3) is 0 Å². The Morgan fingerprint density at radius 2 is 1.54 bits per heavy atom. The Bertz CT molecular complexity index is 2210. The van der Waals surface area contributed by atoms with Crippen molar-refractivity contribution in [3.8, 4) is 40.0 Å². The molecule has 0 N–H and O–H groups in total. The fourth-order valence-corrected chi connectivity index (χ4v) is 7.17. The molecule has 4 aromatic carbocycles. The Hall–Kier alpha value is -5.40. The zero-order chi connectivity index (χ0) is 32.5. The molecule has 1 aliphatic rings. The monoisotopic (exact) mass is 634 g/mol. The van der Waals surface area contributed by atoms with Crippen LogP contribution < -0.4 is 9.47 Å². The molecule has 7 aromatic rings. The third-order valence-electron chi connectivity index (χ3n) is 9.33. The molecule has 1 saturated carbocycles. The molecule has 240 valence electrons. The summed E-state index contributed by atoms with van der Waals surface area (Å²) in [5.41, 5.74) is 7.55. The van der Waals surface area contributed by atoms with E-state index in [1.165, 1.54) is 30.3 Å². The van der Waals surface area contributed by atoms with Gasteiger partial charge in [-0.15, -0.1) is 5.10 Å². The van der Waals surface area contributed by atoms with Crippen LogP contribution >= 0.6 is 0 Å². The van der Waals surface area contributed by atoms with E-state index >= 15 is 0 Å². The molecule has 8 rings (SSSR count). The van der Waals surface area contributed by atoms with Crippen LogP contribution in [0.2, 0.25) is 0 Å². The molecule has 0 aliphatic heterocycles. The number of rotatable bonds is 9. The molecule has 3 aromatic heterocycles. The van der Waals surface area contributed by atoms with Gasteiger partial charge >= 0.3 is 0 Å². The maximum atomic E-state index is 6.61. The van der Waals surface area contributed by atoms with E-state index in [9.17, 15) is 0 Å². The SMILES string of the molecule is COCOc1nn(-c2cccc(Oc3ccc4c5ccccc5n(-c5cc(C)ccn5)c4c3)c2)c(C2CCCCC2)c1-c1ccccc1. The van der Waals surface area contributed by atoms with Crippen LogP contribution in [0.3, 0.4) is 0 Å². The van der Waals surface area contributed by atoms with E-state index < -0.39 is 0 Å². The molecule has 3 heterocycles. The first-order valence-corrected chi connectivity index (χ1v) is 16.7. The predicted molar refractivity (Wildman–Crippen MR) is 191 cm³/mol. The Labute approximate surface area is 280 Å². The average molecular weight is 635 g/mol. The van der Waals surface area contributed by atoms with Gasteiger partial charge < -0.3 is 14.2 Å². The Balaban J connectivity index is 1.22. The average Bonchev–Trinajstić information content (AvgIpc) is 3.67. The molecule has 0 radical (unpaired) electrons. The summed E-state index contributed by atoms with van der Waals surface area (Å²) in [7, 11) is 1.64. The molecule has 7 nitrogen and oxygen atoms in total. The van der Waals surface area contributed by atoms with E-state index in [1.54, 1.807) is 7.11 Å². The van der Waals surface area contributed by atoms with Crippen molar-refractivity contribution in [2.45, 2.75) is 44.9 Å². The minimum atomic E-state index is 0.126. The van der Waals surface area contributed by atoms with E-state index in [2.05, 4.69) is 95.0 Å². The smallest absolute Gasteiger partial charge is 0.243 e. The Morgan fingerprint density at radius 1 is 0.750 bits per heavy atom. The number of hydrogen-bond donors (Lipinski definition) is 0. The summed E-state index contributed by atoms with van der Waals surface area (Å²) in [4.78, 5) is 4.73. The number of para-hydroxylation sites is 1. The van der Waals surface area contributed by atoms with Crippen LogP contribution in [0.15, 0.2) is 115 Å². The van der Waals surface area contributed by atoms with Gasteiger partial charge in [0.2, 0.25) is 5.88 Å². The van der Waals surface area contributed by atoms with Crippen molar-refractivity contribution in [1.29, 1.82) is 0 Å². The maximum absolute atomic E-state index is 6.61. The largest absolute Gasteiger partial charge is 0.457 e. The second-order valence-corrected chi connectivity index (χ2v) is 12.6. The number of fused-ring (bicyclic) bond motifs is 3. The van der Waals surface area contributed by atoms with Crippen LogP contribution in [0.5, 0.6) is 17.4 Å². The topological polar surface area (TPSA) is 63.3 Å². The number of pyridine rings is 1. The second kappa shape index (κ2) is 13.0. The minimum absolute atomic E-state index is 0.126. The number of benzene rings is 4. The number of aromatic nitrogens is 4. The summed E-state index contributed by atoms with van der Waals surface area (Å²) in [6.45, 7) is 2.22. The van der Waals surface area contributed by atoms with Gasteiger partial charge in [-0.2, -0.15) is 0 Å². The highest BCUT2D eigenvalue weighted by atomic mass is 16.7. The van der Waals surface area contributed by atoms with E-state index in [-0.39, 0.29) is 6.79 Å². The third kappa shape index (κ3) is 5.60. The molecular formula is C41H38N4O3. The van der Waals surface area contributed by atoms with Crippen LogP contribution in [0, 0.1) is 6.92 Å². The molecular weight excluding hydrogens is 596 g/mol. The van der Waals surface area contributed by atoms with Gasteiger partial charge in [-0.05, 0) is 73.4 Å². The zero-order valence-corrected chi connectivity index (χ0v) is 27.3. The van der Waals surface area contributed by atoms with Crippen molar-refractivity contribution in [2.75, 3.05) is 13.9 Å². The van der Waals surface area contributed by atoms with Gasteiger partial charge in [-0.3, -0.25) is 4.57 Å². The van der Waals surface area contributed by atoms with Gasteiger partial charge in [-0.25, -0.2) is 9.67 Å². The molecule has 7 heteroatoms. The second-order valence-electron chi connectivity index (χ2n) is 12.6. The molecule has 0 spiro atoms. The first-order valence-electron chi connectivity index (χ1n) is 16.7. The van der Waals surface area contributed by atoms with E-state index in [1.807, 2.05) is 36.5 Å². The zero-order valence-electron chi connectivity index (χ0n) is 27.3. The highest BCUT2D eigenvalue weighted by Crippen LogP contribution is 2.44. The fraction of sp³-hybridized carbons (Fsp3) is 0.220.